The first-order valence-corrected chi connectivity index (χ1v) is 10.6. The summed E-state index contributed by atoms with van der Waals surface area (Å²) in [6.07, 6.45) is 7.70. The lowest BCUT2D eigenvalue weighted by atomic mass is 10.1. The van der Waals surface area contributed by atoms with Gasteiger partial charge in [-0.25, -0.2) is 0 Å². The molecule has 0 aliphatic carbocycles. The minimum absolute atomic E-state index is 0.145. The standard InChI is InChI=1S/C17H30N2O5.C4H10/c1-2-3-4-5-6-7-8-9-16(22)19-13(11-20)17(23)18-10-14(21)15-12-24-15;1-4(2)3/h13,15,20H,2-12H2,1H3,(H,18,23)(H,19,22);4H,1-3H3. The fraction of sp³-hybridized carbons (Fsp3) is 0.857. The Balaban J connectivity index is 0.00000165. The predicted molar refractivity (Wildman–Crippen MR) is 110 cm³/mol. The zero-order valence-corrected chi connectivity index (χ0v) is 18.1. The summed E-state index contributed by atoms with van der Waals surface area (Å²) in [5.74, 6) is -0.177. The number of Topliss-reactive ketones (excluding diaryl/α,β-unsaturated/α-hetero) is 1. The summed E-state index contributed by atoms with van der Waals surface area (Å²) >= 11 is 0. The number of ketones is 1. The van der Waals surface area contributed by atoms with Crippen LogP contribution in [-0.2, 0) is 19.1 Å². The highest BCUT2D eigenvalue weighted by molar-refractivity contribution is 5.93. The molecule has 164 valence electrons. The summed E-state index contributed by atoms with van der Waals surface area (Å²) in [4.78, 5) is 35.1. The molecule has 0 aromatic rings. The van der Waals surface area contributed by atoms with Gasteiger partial charge < -0.3 is 20.5 Å². The molecule has 1 aliphatic rings. The lowest BCUT2D eigenvalue weighted by Crippen LogP contribution is -2.50. The van der Waals surface area contributed by atoms with Crippen molar-refractivity contribution in [3.63, 3.8) is 0 Å². The Bertz CT molecular complexity index is 447. The van der Waals surface area contributed by atoms with Crippen LogP contribution in [0, 0.1) is 5.92 Å². The largest absolute Gasteiger partial charge is 0.394 e. The van der Waals surface area contributed by atoms with E-state index in [1.54, 1.807) is 0 Å². The van der Waals surface area contributed by atoms with Gasteiger partial charge in [-0.3, -0.25) is 14.4 Å². The third-order valence-electron chi connectivity index (χ3n) is 3.97. The van der Waals surface area contributed by atoms with E-state index in [2.05, 4.69) is 38.3 Å². The molecule has 2 amide bonds. The fourth-order valence-corrected chi connectivity index (χ4v) is 2.35. The topological polar surface area (TPSA) is 108 Å². The fourth-order valence-electron chi connectivity index (χ4n) is 2.35. The van der Waals surface area contributed by atoms with Gasteiger partial charge in [0.25, 0.3) is 0 Å². The van der Waals surface area contributed by atoms with Crippen LogP contribution < -0.4 is 10.6 Å². The Morgan fingerprint density at radius 1 is 1.04 bits per heavy atom. The van der Waals surface area contributed by atoms with Gasteiger partial charge in [0, 0.05) is 6.42 Å². The molecule has 0 aromatic carbocycles. The molecule has 2 unspecified atom stereocenters. The molecule has 28 heavy (non-hydrogen) atoms. The molecule has 3 N–H and O–H groups in total. The number of rotatable bonds is 14. The van der Waals surface area contributed by atoms with Crippen molar-refractivity contribution in [1.82, 2.24) is 10.6 Å². The molecular formula is C21H40N2O5. The average molecular weight is 401 g/mol. The number of unbranched alkanes of at least 4 members (excludes halogenated alkanes) is 6. The second-order valence-electron chi connectivity index (χ2n) is 7.91. The number of hydrogen-bond acceptors (Lipinski definition) is 5. The number of nitrogens with one attached hydrogen (secondary N) is 2. The smallest absolute Gasteiger partial charge is 0.245 e. The minimum Gasteiger partial charge on any atom is -0.394 e. The number of carbonyl (C=O) groups excluding carboxylic acids is 3. The van der Waals surface area contributed by atoms with Crippen molar-refractivity contribution in [3.8, 4) is 0 Å². The maximum atomic E-state index is 11.9. The van der Waals surface area contributed by atoms with E-state index in [0.29, 0.717) is 13.0 Å². The van der Waals surface area contributed by atoms with Crippen LogP contribution in [0.2, 0.25) is 0 Å². The summed E-state index contributed by atoms with van der Waals surface area (Å²) in [5.41, 5.74) is 0. The molecule has 2 atom stereocenters. The second-order valence-corrected chi connectivity index (χ2v) is 7.91. The van der Waals surface area contributed by atoms with E-state index in [-0.39, 0.29) is 18.2 Å². The third-order valence-corrected chi connectivity index (χ3v) is 3.97. The number of aliphatic hydroxyl groups is 1. The van der Waals surface area contributed by atoms with Gasteiger partial charge >= 0.3 is 0 Å². The van der Waals surface area contributed by atoms with E-state index in [9.17, 15) is 19.5 Å². The van der Waals surface area contributed by atoms with E-state index in [1.165, 1.54) is 25.7 Å². The molecule has 1 aliphatic heterocycles. The molecule has 0 spiro atoms. The van der Waals surface area contributed by atoms with Gasteiger partial charge in [0.1, 0.15) is 12.1 Å². The van der Waals surface area contributed by atoms with E-state index < -0.39 is 24.7 Å². The van der Waals surface area contributed by atoms with Crippen LogP contribution in [-0.4, -0.2) is 54.6 Å². The van der Waals surface area contributed by atoms with Crippen LogP contribution in [0.1, 0.15) is 79.1 Å². The van der Waals surface area contributed by atoms with E-state index in [0.717, 1.165) is 25.2 Å². The first-order valence-electron chi connectivity index (χ1n) is 10.6. The Kier molecular flexibility index (Phi) is 15.6. The van der Waals surface area contributed by atoms with Crippen LogP contribution in [0.15, 0.2) is 0 Å². The zero-order chi connectivity index (χ0) is 21.4. The summed E-state index contributed by atoms with van der Waals surface area (Å²) in [6, 6.07) is -1.02. The second kappa shape index (κ2) is 16.5. The molecule has 0 saturated carbocycles. The van der Waals surface area contributed by atoms with Crippen molar-refractivity contribution in [2.75, 3.05) is 19.8 Å². The number of hydrogen-bond donors (Lipinski definition) is 3. The molecule has 7 nitrogen and oxygen atoms in total. The Morgan fingerprint density at radius 3 is 2.07 bits per heavy atom. The highest BCUT2D eigenvalue weighted by Gasteiger charge is 2.31. The maximum absolute atomic E-state index is 11.9. The molecule has 1 fully saturated rings. The quantitative estimate of drug-likeness (QED) is 0.306. The number of amides is 2. The molecule has 1 rings (SSSR count). The van der Waals surface area contributed by atoms with Crippen molar-refractivity contribution in [2.24, 2.45) is 5.92 Å². The van der Waals surface area contributed by atoms with Crippen LogP contribution in [0.4, 0.5) is 0 Å². The summed E-state index contributed by atoms with van der Waals surface area (Å²) in [5, 5.41) is 14.2. The SMILES string of the molecule is CC(C)C.CCCCCCCCCC(=O)NC(CO)C(=O)NCC(=O)C1CO1. The molecule has 1 saturated heterocycles. The van der Waals surface area contributed by atoms with Crippen molar-refractivity contribution < 1.29 is 24.2 Å². The lowest BCUT2D eigenvalue weighted by Gasteiger charge is -2.15. The Labute approximate surface area is 170 Å². The van der Waals surface area contributed by atoms with Crippen LogP contribution in [0.3, 0.4) is 0 Å². The average Bonchev–Trinajstić information content (AvgIpc) is 3.48. The van der Waals surface area contributed by atoms with Crippen molar-refractivity contribution >= 4 is 17.6 Å². The van der Waals surface area contributed by atoms with Crippen molar-refractivity contribution in [2.45, 2.75) is 91.2 Å². The highest BCUT2D eigenvalue weighted by Crippen LogP contribution is 2.09. The highest BCUT2D eigenvalue weighted by atomic mass is 16.6. The van der Waals surface area contributed by atoms with Gasteiger partial charge in [-0.05, 0) is 12.3 Å². The molecule has 7 heteroatoms. The Hall–Kier alpha value is -1.47. The summed E-state index contributed by atoms with van der Waals surface area (Å²) in [6.45, 7) is 8.43. The predicted octanol–water partition coefficient (Wildman–Crippen LogP) is 2.35. The van der Waals surface area contributed by atoms with Gasteiger partial charge in [-0.1, -0.05) is 66.2 Å². The van der Waals surface area contributed by atoms with Crippen LogP contribution >= 0.6 is 0 Å². The van der Waals surface area contributed by atoms with Gasteiger partial charge in [-0.15, -0.1) is 0 Å². The van der Waals surface area contributed by atoms with Crippen LogP contribution in [0.25, 0.3) is 0 Å². The first kappa shape index (κ1) is 26.5. The van der Waals surface area contributed by atoms with E-state index in [1.807, 2.05) is 0 Å². The first-order chi connectivity index (χ1) is 13.3. The molecule has 0 radical (unpaired) electrons. The van der Waals surface area contributed by atoms with E-state index in [4.69, 9.17) is 4.74 Å². The van der Waals surface area contributed by atoms with Gasteiger partial charge in [0.2, 0.25) is 11.8 Å². The van der Waals surface area contributed by atoms with Crippen molar-refractivity contribution in [1.29, 1.82) is 0 Å². The van der Waals surface area contributed by atoms with Crippen molar-refractivity contribution in [3.05, 3.63) is 0 Å². The molecular weight excluding hydrogens is 360 g/mol. The molecule has 0 bridgehead atoms. The van der Waals surface area contributed by atoms with E-state index >= 15 is 0 Å². The maximum Gasteiger partial charge on any atom is 0.245 e. The van der Waals surface area contributed by atoms with Gasteiger partial charge in [0.05, 0.1) is 19.8 Å². The number of aliphatic hydroxyl groups excluding tert-OH is 1. The van der Waals surface area contributed by atoms with Gasteiger partial charge in [-0.2, -0.15) is 0 Å². The Morgan fingerprint density at radius 2 is 1.57 bits per heavy atom. The molecule has 1 heterocycles. The number of epoxide rings is 1. The number of ether oxygens (including phenoxy) is 1. The summed E-state index contributed by atoms with van der Waals surface area (Å²) in [7, 11) is 0. The monoisotopic (exact) mass is 400 g/mol. The minimum atomic E-state index is -1.02. The van der Waals surface area contributed by atoms with Gasteiger partial charge in [0.15, 0.2) is 5.78 Å². The molecule has 0 aromatic heterocycles. The normalized spacial score (nSPS) is 16.0. The third kappa shape index (κ3) is 15.6. The summed E-state index contributed by atoms with van der Waals surface area (Å²) < 4.78 is 4.82. The van der Waals surface area contributed by atoms with Crippen LogP contribution in [0.5, 0.6) is 0 Å². The zero-order valence-electron chi connectivity index (χ0n) is 18.1. The number of carbonyl (C=O) groups is 3. The lowest BCUT2D eigenvalue weighted by molar-refractivity contribution is -0.131.